The average molecular weight is 439 g/mol. The molecule has 4 rings (SSSR count). The third-order valence-electron chi connectivity index (χ3n) is 7.19. The van der Waals surface area contributed by atoms with Crippen LogP contribution in [0.15, 0.2) is 95.1 Å². The Morgan fingerprint density at radius 1 is 0.939 bits per heavy atom. The van der Waals surface area contributed by atoms with Crippen LogP contribution in [-0.4, -0.2) is 19.5 Å². The van der Waals surface area contributed by atoms with Crippen molar-refractivity contribution < 1.29 is 9.53 Å². The molecule has 0 bridgehead atoms. The molecule has 2 aliphatic rings. The predicted molar refractivity (Wildman–Crippen MR) is 137 cm³/mol. The lowest BCUT2D eigenvalue weighted by Crippen LogP contribution is -2.09. The van der Waals surface area contributed by atoms with Gasteiger partial charge in [0.2, 0.25) is 0 Å². The topological polar surface area (TPSA) is 26.3 Å². The maximum atomic E-state index is 13.3. The zero-order chi connectivity index (χ0) is 23.4. The lowest BCUT2D eigenvalue weighted by Gasteiger charge is -2.22. The van der Waals surface area contributed by atoms with Gasteiger partial charge in [-0.1, -0.05) is 89.5 Å². The van der Waals surface area contributed by atoms with E-state index in [2.05, 4.69) is 93.6 Å². The molecule has 0 radical (unpaired) electrons. The van der Waals surface area contributed by atoms with E-state index in [4.69, 9.17) is 4.74 Å². The quantitative estimate of drug-likeness (QED) is 0.408. The van der Waals surface area contributed by atoms with Crippen LogP contribution in [0.3, 0.4) is 0 Å². The van der Waals surface area contributed by atoms with Crippen molar-refractivity contribution in [3.63, 3.8) is 0 Å². The lowest BCUT2D eigenvalue weighted by atomic mass is 9.81. The van der Waals surface area contributed by atoms with Crippen LogP contribution >= 0.6 is 0 Å². The van der Waals surface area contributed by atoms with Crippen LogP contribution in [0.5, 0.6) is 0 Å². The molecule has 2 aromatic carbocycles. The van der Waals surface area contributed by atoms with Gasteiger partial charge in [-0.05, 0) is 55.9 Å². The van der Waals surface area contributed by atoms with Gasteiger partial charge in [0.05, 0.1) is 0 Å². The first kappa shape index (κ1) is 23.2. The number of methoxy groups -OCH3 is 1. The minimum absolute atomic E-state index is 0.201. The molecular formula is C31H34O2. The maximum absolute atomic E-state index is 13.3. The molecule has 2 atom stereocenters. The molecule has 0 aromatic heterocycles. The van der Waals surface area contributed by atoms with Gasteiger partial charge in [0.15, 0.2) is 5.78 Å². The Morgan fingerprint density at radius 3 is 2.39 bits per heavy atom. The van der Waals surface area contributed by atoms with Crippen LogP contribution < -0.4 is 0 Å². The average Bonchev–Trinajstić information content (AvgIpc) is 3.37. The highest BCUT2D eigenvalue weighted by molar-refractivity contribution is 6.00. The number of benzene rings is 2. The van der Waals surface area contributed by atoms with E-state index in [0.717, 1.165) is 18.4 Å². The van der Waals surface area contributed by atoms with Crippen LogP contribution in [0, 0.1) is 12.8 Å². The second-order valence-electron chi connectivity index (χ2n) is 9.26. The fraction of sp³-hybridized carbons (Fsp3) is 0.323. The monoisotopic (exact) mass is 438 g/mol. The Balaban J connectivity index is 1.54. The Hall–Kier alpha value is -2.97. The molecule has 170 valence electrons. The standard InChI is InChI=1S/C31H34O2/c1-21-10-8-9-13-27(21)31-25(14-16-28(31)24-11-6-5-7-12-24)15-17-30(32)29-20-22(2)26(23(29)3)18-19-33-4/h5-14,16,20,26,31H,15,17-19H2,1-4H3. The van der Waals surface area contributed by atoms with Gasteiger partial charge in [0, 0.05) is 37.5 Å². The Morgan fingerprint density at radius 2 is 1.67 bits per heavy atom. The van der Waals surface area contributed by atoms with Gasteiger partial charge in [-0.3, -0.25) is 4.79 Å². The second-order valence-corrected chi connectivity index (χ2v) is 9.26. The third-order valence-corrected chi connectivity index (χ3v) is 7.19. The Kier molecular flexibility index (Phi) is 7.25. The number of Topliss-reactive ketones (excluding diaryl/α,β-unsaturated/α-hetero) is 1. The summed E-state index contributed by atoms with van der Waals surface area (Å²) < 4.78 is 5.27. The van der Waals surface area contributed by atoms with Gasteiger partial charge in [0.1, 0.15) is 0 Å². The van der Waals surface area contributed by atoms with E-state index in [1.807, 2.05) is 0 Å². The highest BCUT2D eigenvalue weighted by Gasteiger charge is 2.29. The van der Waals surface area contributed by atoms with Gasteiger partial charge >= 0.3 is 0 Å². The zero-order valence-corrected chi connectivity index (χ0v) is 20.2. The van der Waals surface area contributed by atoms with Crippen molar-refractivity contribution in [1.82, 2.24) is 0 Å². The van der Waals surface area contributed by atoms with Gasteiger partial charge in [0.25, 0.3) is 0 Å². The first-order valence-corrected chi connectivity index (χ1v) is 11.9. The normalized spacial score (nSPS) is 20.1. The molecule has 0 amide bonds. The van der Waals surface area contributed by atoms with E-state index >= 15 is 0 Å². The van der Waals surface area contributed by atoms with E-state index in [1.54, 1.807) is 7.11 Å². The van der Waals surface area contributed by atoms with Crippen molar-refractivity contribution in [1.29, 1.82) is 0 Å². The number of carbonyl (C=O) groups is 1. The number of aryl methyl sites for hydroxylation is 1. The molecule has 2 unspecified atom stereocenters. The summed E-state index contributed by atoms with van der Waals surface area (Å²) in [5.41, 5.74) is 9.90. The van der Waals surface area contributed by atoms with Crippen LogP contribution in [0.2, 0.25) is 0 Å². The summed E-state index contributed by atoms with van der Waals surface area (Å²) in [5, 5.41) is 0. The number of carbonyl (C=O) groups excluding carboxylic acids is 1. The second kappa shape index (κ2) is 10.3. The summed E-state index contributed by atoms with van der Waals surface area (Å²) in [6.45, 7) is 7.14. The molecule has 2 aromatic rings. The van der Waals surface area contributed by atoms with Crippen molar-refractivity contribution in [3.05, 3.63) is 112 Å². The summed E-state index contributed by atoms with van der Waals surface area (Å²) in [6, 6.07) is 19.2. The summed E-state index contributed by atoms with van der Waals surface area (Å²) >= 11 is 0. The van der Waals surface area contributed by atoms with E-state index in [9.17, 15) is 4.79 Å². The molecule has 0 fully saturated rings. The fourth-order valence-electron chi connectivity index (χ4n) is 5.33. The number of ether oxygens (including phenoxy) is 1. The predicted octanol–water partition coefficient (Wildman–Crippen LogP) is 7.38. The first-order chi connectivity index (χ1) is 16.0. The molecular weight excluding hydrogens is 404 g/mol. The van der Waals surface area contributed by atoms with E-state index in [-0.39, 0.29) is 11.7 Å². The largest absolute Gasteiger partial charge is 0.385 e. The molecule has 2 nitrogen and oxygen atoms in total. The van der Waals surface area contributed by atoms with Crippen molar-refractivity contribution in [2.45, 2.75) is 46.0 Å². The van der Waals surface area contributed by atoms with Gasteiger partial charge < -0.3 is 4.74 Å². The molecule has 2 aliphatic carbocycles. The fourth-order valence-corrected chi connectivity index (χ4v) is 5.33. The van der Waals surface area contributed by atoms with Gasteiger partial charge in [-0.15, -0.1) is 0 Å². The molecule has 0 spiro atoms. The molecule has 0 saturated carbocycles. The molecule has 33 heavy (non-hydrogen) atoms. The van der Waals surface area contributed by atoms with Crippen molar-refractivity contribution in [2.24, 2.45) is 5.92 Å². The maximum Gasteiger partial charge on any atom is 0.163 e. The highest BCUT2D eigenvalue weighted by Crippen LogP contribution is 2.45. The summed E-state index contributed by atoms with van der Waals surface area (Å²) in [4.78, 5) is 13.3. The highest BCUT2D eigenvalue weighted by atomic mass is 16.5. The number of allylic oxidation sites excluding steroid dienone is 8. The van der Waals surface area contributed by atoms with E-state index in [0.29, 0.717) is 18.9 Å². The zero-order valence-electron chi connectivity index (χ0n) is 20.2. The Labute approximate surface area is 198 Å². The molecule has 0 heterocycles. The number of rotatable bonds is 9. The van der Waals surface area contributed by atoms with Gasteiger partial charge in [-0.2, -0.15) is 0 Å². The Bertz CT molecular complexity index is 1140. The molecule has 2 heteroatoms. The third kappa shape index (κ3) is 4.86. The van der Waals surface area contributed by atoms with Crippen LogP contribution in [-0.2, 0) is 9.53 Å². The molecule has 0 aliphatic heterocycles. The van der Waals surface area contributed by atoms with E-state index < -0.39 is 0 Å². The summed E-state index contributed by atoms with van der Waals surface area (Å²) in [7, 11) is 1.73. The summed E-state index contributed by atoms with van der Waals surface area (Å²) in [5.74, 6) is 0.789. The smallest absolute Gasteiger partial charge is 0.163 e. The lowest BCUT2D eigenvalue weighted by molar-refractivity contribution is -0.115. The minimum Gasteiger partial charge on any atom is -0.385 e. The van der Waals surface area contributed by atoms with Crippen LogP contribution in [0.1, 0.15) is 55.7 Å². The molecule has 0 saturated heterocycles. The van der Waals surface area contributed by atoms with Gasteiger partial charge in [-0.25, -0.2) is 0 Å². The number of hydrogen-bond acceptors (Lipinski definition) is 2. The van der Waals surface area contributed by atoms with Crippen LogP contribution in [0.25, 0.3) is 5.57 Å². The minimum atomic E-state index is 0.201. The van der Waals surface area contributed by atoms with Crippen LogP contribution in [0.4, 0.5) is 0 Å². The van der Waals surface area contributed by atoms with Crippen molar-refractivity contribution in [2.75, 3.05) is 13.7 Å². The SMILES string of the molecule is COCCC1C(C)=CC(C(=O)CCC2=CC=C(c3ccccc3)C2c2ccccc2C)=C1C. The van der Waals surface area contributed by atoms with E-state index in [1.165, 1.54) is 39.0 Å². The van der Waals surface area contributed by atoms with Crippen molar-refractivity contribution in [3.8, 4) is 0 Å². The number of hydrogen-bond donors (Lipinski definition) is 0. The summed E-state index contributed by atoms with van der Waals surface area (Å²) in [6.07, 6.45) is 8.84. The molecule has 0 N–H and O–H groups in total. The number of ketones is 1. The van der Waals surface area contributed by atoms with Crippen molar-refractivity contribution >= 4 is 11.4 Å². The first-order valence-electron chi connectivity index (χ1n) is 11.9.